The van der Waals surface area contributed by atoms with Crippen LogP contribution >= 0.6 is 0 Å². The summed E-state index contributed by atoms with van der Waals surface area (Å²) >= 11 is 0. The van der Waals surface area contributed by atoms with E-state index in [1.807, 2.05) is 6.92 Å². The van der Waals surface area contributed by atoms with Gasteiger partial charge < -0.3 is 9.84 Å². The third-order valence-electron chi connectivity index (χ3n) is 2.30. The molecular formula is C12H18O2. The maximum Gasteiger partial charge on any atom is 0.124 e. The Morgan fingerprint density at radius 3 is 2.57 bits per heavy atom. The monoisotopic (exact) mass is 194 g/mol. The molecule has 0 saturated heterocycles. The summed E-state index contributed by atoms with van der Waals surface area (Å²) < 4.78 is 5.35. The van der Waals surface area contributed by atoms with Crippen LogP contribution in [0.15, 0.2) is 12.1 Å². The van der Waals surface area contributed by atoms with Crippen molar-refractivity contribution in [3.05, 3.63) is 28.8 Å². The second-order valence-corrected chi connectivity index (χ2v) is 3.60. The lowest BCUT2D eigenvalue weighted by atomic mass is 10.0. The molecule has 0 unspecified atom stereocenters. The number of methoxy groups -OCH3 is 1. The Morgan fingerprint density at radius 1 is 1.29 bits per heavy atom. The predicted octanol–water partition coefficient (Wildman–Crippen LogP) is 2.24. The van der Waals surface area contributed by atoms with Crippen molar-refractivity contribution in [2.75, 3.05) is 13.7 Å². The Labute approximate surface area is 85.5 Å². The van der Waals surface area contributed by atoms with E-state index < -0.39 is 0 Å². The van der Waals surface area contributed by atoms with Crippen LogP contribution in [0.2, 0.25) is 0 Å². The summed E-state index contributed by atoms with van der Waals surface area (Å²) in [4.78, 5) is 0. The molecule has 0 aliphatic rings. The van der Waals surface area contributed by atoms with Gasteiger partial charge in [0.05, 0.1) is 7.11 Å². The van der Waals surface area contributed by atoms with Gasteiger partial charge in [-0.15, -0.1) is 0 Å². The van der Waals surface area contributed by atoms with Crippen LogP contribution in [0, 0.1) is 13.8 Å². The van der Waals surface area contributed by atoms with E-state index in [4.69, 9.17) is 9.84 Å². The van der Waals surface area contributed by atoms with E-state index in [0.29, 0.717) is 0 Å². The van der Waals surface area contributed by atoms with Crippen molar-refractivity contribution in [2.24, 2.45) is 0 Å². The van der Waals surface area contributed by atoms with E-state index in [-0.39, 0.29) is 6.61 Å². The van der Waals surface area contributed by atoms with Crippen LogP contribution < -0.4 is 4.74 Å². The Morgan fingerprint density at radius 2 is 2.00 bits per heavy atom. The van der Waals surface area contributed by atoms with Crippen LogP contribution in [-0.2, 0) is 6.42 Å². The van der Waals surface area contributed by atoms with Crippen molar-refractivity contribution in [3.63, 3.8) is 0 Å². The quantitative estimate of drug-likeness (QED) is 0.796. The molecule has 1 rings (SSSR count). The van der Waals surface area contributed by atoms with E-state index >= 15 is 0 Å². The number of aliphatic hydroxyl groups excluding tert-OH is 1. The Balaban J connectivity index is 2.99. The molecule has 0 amide bonds. The molecule has 2 nitrogen and oxygen atoms in total. The second-order valence-electron chi connectivity index (χ2n) is 3.60. The van der Waals surface area contributed by atoms with Crippen molar-refractivity contribution in [2.45, 2.75) is 26.7 Å². The van der Waals surface area contributed by atoms with Gasteiger partial charge in [-0.3, -0.25) is 0 Å². The minimum absolute atomic E-state index is 0.232. The van der Waals surface area contributed by atoms with Gasteiger partial charge in [-0.05, 0) is 37.8 Å². The molecule has 0 atom stereocenters. The summed E-state index contributed by atoms with van der Waals surface area (Å²) in [6, 6.07) is 4.24. The van der Waals surface area contributed by atoms with Crippen molar-refractivity contribution < 1.29 is 9.84 Å². The lowest BCUT2D eigenvalue weighted by molar-refractivity contribution is 0.287. The first-order valence-electron chi connectivity index (χ1n) is 4.94. The van der Waals surface area contributed by atoms with Crippen LogP contribution in [0.3, 0.4) is 0 Å². The Bertz CT molecular complexity index is 305. The second kappa shape index (κ2) is 5.01. The minimum atomic E-state index is 0.232. The first-order chi connectivity index (χ1) is 6.69. The Kier molecular flexibility index (Phi) is 3.96. The third-order valence-corrected chi connectivity index (χ3v) is 2.30. The zero-order chi connectivity index (χ0) is 10.6. The van der Waals surface area contributed by atoms with E-state index in [0.717, 1.165) is 18.6 Å². The highest BCUT2D eigenvalue weighted by Gasteiger charge is 2.06. The summed E-state index contributed by atoms with van der Waals surface area (Å²) in [6.45, 7) is 4.36. The van der Waals surface area contributed by atoms with Crippen molar-refractivity contribution in [1.82, 2.24) is 0 Å². The summed E-state index contributed by atoms with van der Waals surface area (Å²) in [5.41, 5.74) is 3.61. The van der Waals surface area contributed by atoms with E-state index in [1.165, 1.54) is 16.7 Å². The number of hydrogen-bond acceptors (Lipinski definition) is 2. The van der Waals surface area contributed by atoms with Gasteiger partial charge in [0.2, 0.25) is 0 Å². The highest BCUT2D eigenvalue weighted by atomic mass is 16.5. The molecule has 0 radical (unpaired) electrons. The van der Waals surface area contributed by atoms with Gasteiger partial charge in [-0.1, -0.05) is 17.7 Å². The molecule has 0 spiro atoms. The largest absolute Gasteiger partial charge is 0.496 e. The topological polar surface area (TPSA) is 29.5 Å². The number of aryl methyl sites for hydroxylation is 3. The molecule has 1 aromatic carbocycles. The van der Waals surface area contributed by atoms with Crippen molar-refractivity contribution in [3.8, 4) is 5.75 Å². The van der Waals surface area contributed by atoms with Crippen LogP contribution in [-0.4, -0.2) is 18.8 Å². The minimum Gasteiger partial charge on any atom is -0.496 e. The predicted molar refractivity (Wildman–Crippen MR) is 57.9 cm³/mol. The maximum atomic E-state index is 8.79. The van der Waals surface area contributed by atoms with Crippen molar-refractivity contribution in [1.29, 1.82) is 0 Å². The summed E-state index contributed by atoms with van der Waals surface area (Å²) in [6.07, 6.45) is 1.67. The number of aliphatic hydroxyl groups is 1. The number of benzene rings is 1. The van der Waals surface area contributed by atoms with Gasteiger partial charge in [0, 0.05) is 6.61 Å². The van der Waals surface area contributed by atoms with Gasteiger partial charge in [-0.25, -0.2) is 0 Å². The van der Waals surface area contributed by atoms with Gasteiger partial charge in [0.25, 0.3) is 0 Å². The van der Waals surface area contributed by atoms with Crippen LogP contribution in [0.5, 0.6) is 5.75 Å². The molecule has 0 aliphatic heterocycles. The smallest absolute Gasteiger partial charge is 0.124 e. The lowest BCUT2D eigenvalue weighted by Gasteiger charge is -2.12. The first kappa shape index (κ1) is 11.1. The molecular weight excluding hydrogens is 176 g/mol. The average Bonchev–Trinajstić information content (AvgIpc) is 2.14. The fourth-order valence-corrected chi connectivity index (χ4v) is 1.79. The van der Waals surface area contributed by atoms with E-state index in [9.17, 15) is 0 Å². The average molecular weight is 194 g/mol. The fraction of sp³-hybridized carbons (Fsp3) is 0.500. The molecule has 0 heterocycles. The molecule has 78 valence electrons. The fourth-order valence-electron chi connectivity index (χ4n) is 1.79. The molecule has 2 heteroatoms. The summed E-state index contributed by atoms with van der Waals surface area (Å²) in [5, 5.41) is 8.79. The number of ether oxygens (including phenoxy) is 1. The van der Waals surface area contributed by atoms with Gasteiger partial charge in [0.1, 0.15) is 5.75 Å². The number of rotatable bonds is 4. The molecule has 14 heavy (non-hydrogen) atoms. The van der Waals surface area contributed by atoms with Crippen LogP contribution in [0.4, 0.5) is 0 Å². The highest BCUT2D eigenvalue weighted by molar-refractivity contribution is 5.43. The maximum absolute atomic E-state index is 8.79. The first-order valence-corrected chi connectivity index (χ1v) is 4.94. The van der Waals surface area contributed by atoms with Gasteiger partial charge in [0.15, 0.2) is 0 Å². The third kappa shape index (κ3) is 2.48. The number of hydrogen-bond donors (Lipinski definition) is 1. The van der Waals surface area contributed by atoms with Crippen LogP contribution in [0.25, 0.3) is 0 Å². The van der Waals surface area contributed by atoms with E-state index in [1.54, 1.807) is 7.11 Å². The zero-order valence-electron chi connectivity index (χ0n) is 9.13. The molecule has 0 aromatic heterocycles. The van der Waals surface area contributed by atoms with Gasteiger partial charge >= 0.3 is 0 Å². The van der Waals surface area contributed by atoms with Crippen LogP contribution in [0.1, 0.15) is 23.1 Å². The highest BCUT2D eigenvalue weighted by Crippen LogP contribution is 2.25. The lowest BCUT2D eigenvalue weighted by Crippen LogP contribution is -1.97. The molecule has 1 N–H and O–H groups in total. The molecule has 0 bridgehead atoms. The molecule has 1 aromatic rings. The zero-order valence-corrected chi connectivity index (χ0v) is 9.13. The summed E-state index contributed by atoms with van der Waals surface area (Å²) in [7, 11) is 1.69. The summed E-state index contributed by atoms with van der Waals surface area (Å²) in [5.74, 6) is 0.962. The Hall–Kier alpha value is -1.02. The SMILES string of the molecule is COc1c(C)cc(C)cc1CCCO. The molecule has 0 fully saturated rings. The van der Waals surface area contributed by atoms with Gasteiger partial charge in [-0.2, -0.15) is 0 Å². The van der Waals surface area contributed by atoms with Crippen molar-refractivity contribution >= 4 is 0 Å². The normalized spacial score (nSPS) is 10.3. The molecule has 0 saturated carbocycles. The van der Waals surface area contributed by atoms with E-state index in [2.05, 4.69) is 19.1 Å². The standard InChI is InChI=1S/C12H18O2/c1-9-7-10(2)12(14-3)11(8-9)5-4-6-13/h7-8,13H,4-6H2,1-3H3. The molecule has 0 aliphatic carbocycles.